The minimum Gasteiger partial charge on any atom is -0.591 e. The second-order valence-corrected chi connectivity index (χ2v) is 9.50. The van der Waals surface area contributed by atoms with Crippen LogP contribution in [-0.4, -0.2) is 27.2 Å². The van der Waals surface area contributed by atoms with Crippen molar-refractivity contribution < 1.29 is 27.3 Å². The molecule has 1 aromatic rings. The largest absolute Gasteiger partial charge is 0.591 e. The Morgan fingerprint density at radius 2 is 1.73 bits per heavy atom. The van der Waals surface area contributed by atoms with Crippen LogP contribution in [0, 0.1) is 0 Å². The zero-order valence-electron chi connectivity index (χ0n) is 15.5. The van der Waals surface area contributed by atoms with Gasteiger partial charge < -0.3 is 9.29 Å². The van der Waals surface area contributed by atoms with Gasteiger partial charge in [0.15, 0.2) is 0 Å². The van der Waals surface area contributed by atoms with Crippen molar-refractivity contribution in [3.8, 4) is 0 Å². The van der Waals surface area contributed by atoms with Crippen molar-refractivity contribution in [1.29, 1.82) is 0 Å². The molecule has 0 aromatic heterocycles. The maximum absolute atomic E-state index is 13.1. The number of carbonyl (C=O) groups is 1. The zero-order valence-corrected chi connectivity index (χ0v) is 16.3. The highest BCUT2D eigenvalue weighted by Gasteiger charge is 2.32. The van der Waals surface area contributed by atoms with Gasteiger partial charge in [-0.2, -0.15) is 13.2 Å². The van der Waals surface area contributed by atoms with Crippen LogP contribution in [0.4, 0.5) is 23.7 Å². The average molecular weight is 392 g/mol. The topological polar surface area (TPSA) is 73.8 Å². The van der Waals surface area contributed by atoms with E-state index in [9.17, 15) is 22.5 Å². The highest BCUT2D eigenvalue weighted by Crippen LogP contribution is 2.32. The lowest BCUT2D eigenvalue weighted by Gasteiger charge is -2.20. The first-order valence-electron chi connectivity index (χ1n) is 7.76. The lowest BCUT2D eigenvalue weighted by Crippen LogP contribution is -2.27. The van der Waals surface area contributed by atoms with Gasteiger partial charge in [0.05, 0.1) is 11.8 Å². The monoisotopic (exact) mass is 392 g/mol. The SMILES string of the molecule is CC(C)(C)OC(=O)Nc1cc(C=N[S+]([O-])C(C)(C)C)cc(C(F)(F)F)c1. The lowest BCUT2D eigenvalue weighted by atomic mass is 10.1. The van der Waals surface area contributed by atoms with E-state index in [1.54, 1.807) is 41.5 Å². The smallest absolute Gasteiger partial charge is 0.416 e. The number of ether oxygens (including phenoxy) is 1. The Bertz CT molecular complexity index is 677. The number of amides is 1. The first-order chi connectivity index (χ1) is 11.6. The molecule has 0 heterocycles. The fraction of sp³-hybridized carbons (Fsp3) is 0.529. The van der Waals surface area contributed by atoms with Gasteiger partial charge in [-0.1, -0.05) is 4.40 Å². The van der Waals surface area contributed by atoms with E-state index < -0.39 is 39.5 Å². The van der Waals surface area contributed by atoms with E-state index in [0.717, 1.165) is 18.3 Å². The standard InChI is InChI=1S/C17H23F3N2O3S/c1-15(2,3)25-14(23)22-13-8-11(7-12(9-13)17(18,19)20)10-21-26(24)16(4,5)6/h7-10H,1-6H3,(H,22,23). The first-order valence-corrected chi connectivity index (χ1v) is 8.87. The Labute approximate surface area is 154 Å². The van der Waals surface area contributed by atoms with Crippen LogP contribution in [0.3, 0.4) is 0 Å². The number of nitrogens with one attached hydrogen (secondary N) is 1. The summed E-state index contributed by atoms with van der Waals surface area (Å²) in [5.74, 6) is 0. The molecule has 0 aliphatic rings. The van der Waals surface area contributed by atoms with Gasteiger partial charge in [-0.3, -0.25) is 5.32 Å². The molecule has 1 aromatic carbocycles. The second-order valence-electron chi connectivity index (χ2n) is 7.56. The van der Waals surface area contributed by atoms with Crippen molar-refractivity contribution in [2.45, 2.75) is 58.1 Å². The van der Waals surface area contributed by atoms with E-state index in [4.69, 9.17) is 4.74 Å². The summed E-state index contributed by atoms with van der Waals surface area (Å²) in [6.45, 7) is 10.0. The van der Waals surface area contributed by atoms with Crippen molar-refractivity contribution in [3.05, 3.63) is 29.3 Å². The summed E-state index contributed by atoms with van der Waals surface area (Å²) in [5.41, 5.74) is -1.80. The fourth-order valence-electron chi connectivity index (χ4n) is 1.65. The summed E-state index contributed by atoms with van der Waals surface area (Å²) < 4.78 is 59.4. The number of hydrogen-bond acceptors (Lipinski definition) is 4. The molecular weight excluding hydrogens is 369 g/mol. The Morgan fingerprint density at radius 1 is 1.15 bits per heavy atom. The van der Waals surface area contributed by atoms with Crippen molar-refractivity contribution in [2.24, 2.45) is 4.40 Å². The fourth-order valence-corrected chi connectivity index (χ4v) is 2.18. The minimum absolute atomic E-state index is 0.0588. The number of carbonyl (C=O) groups excluding carboxylic acids is 1. The zero-order chi connectivity index (χ0) is 20.3. The van der Waals surface area contributed by atoms with Crippen LogP contribution in [0.25, 0.3) is 0 Å². The summed E-state index contributed by atoms with van der Waals surface area (Å²) in [5, 5.41) is 2.27. The van der Waals surface area contributed by atoms with Gasteiger partial charge in [-0.25, -0.2) is 4.79 Å². The third kappa shape index (κ3) is 7.65. The van der Waals surface area contributed by atoms with E-state index in [0.29, 0.717) is 0 Å². The summed E-state index contributed by atoms with van der Waals surface area (Å²) in [6, 6.07) is 2.95. The molecule has 26 heavy (non-hydrogen) atoms. The van der Waals surface area contributed by atoms with Crippen molar-refractivity contribution in [3.63, 3.8) is 0 Å². The van der Waals surface area contributed by atoms with Gasteiger partial charge >= 0.3 is 12.3 Å². The molecule has 1 amide bonds. The maximum Gasteiger partial charge on any atom is 0.416 e. The minimum atomic E-state index is -4.61. The van der Waals surface area contributed by atoms with Crippen molar-refractivity contribution in [1.82, 2.24) is 0 Å². The molecule has 1 rings (SSSR count). The van der Waals surface area contributed by atoms with Crippen molar-refractivity contribution in [2.75, 3.05) is 5.32 Å². The second kappa shape index (κ2) is 7.87. The summed E-state index contributed by atoms with van der Waals surface area (Å²) in [7, 11) is 0. The molecule has 1 atom stereocenters. The van der Waals surface area contributed by atoms with Gasteiger partial charge in [0.25, 0.3) is 0 Å². The number of rotatable bonds is 3. The predicted molar refractivity (Wildman–Crippen MR) is 96.8 cm³/mol. The van der Waals surface area contributed by atoms with E-state index in [1.165, 1.54) is 6.07 Å². The van der Waals surface area contributed by atoms with Gasteiger partial charge in [0, 0.05) is 5.69 Å². The van der Waals surface area contributed by atoms with Gasteiger partial charge in [0.2, 0.25) is 0 Å². The van der Waals surface area contributed by atoms with E-state index in [-0.39, 0.29) is 11.3 Å². The third-order valence-electron chi connectivity index (χ3n) is 2.75. The molecular formula is C17H23F3N2O3S. The van der Waals surface area contributed by atoms with Crippen LogP contribution < -0.4 is 5.32 Å². The van der Waals surface area contributed by atoms with Crippen LogP contribution in [-0.2, 0) is 22.3 Å². The number of halogens is 3. The first kappa shape index (κ1) is 22.3. The molecule has 0 aliphatic carbocycles. The summed E-state index contributed by atoms with van der Waals surface area (Å²) in [4.78, 5) is 11.8. The molecule has 0 saturated heterocycles. The molecule has 0 fully saturated rings. The molecule has 146 valence electrons. The van der Waals surface area contributed by atoms with E-state index in [1.807, 2.05) is 0 Å². The van der Waals surface area contributed by atoms with Gasteiger partial charge in [-0.15, -0.1) is 0 Å². The Kier molecular flexibility index (Phi) is 6.75. The van der Waals surface area contributed by atoms with Crippen LogP contribution in [0.5, 0.6) is 0 Å². The van der Waals surface area contributed by atoms with Crippen molar-refractivity contribution >= 4 is 29.4 Å². The molecule has 0 bridgehead atoms. The molecule has 0 radical (unpaired) electrons. The highest BCUT2D eigenvalue weighted by molar-refractivity contribution is 7.91. The summed E-state index contributed by atoms with van der Waals surface area (Å²) >= 11 is -1.62. The highest BCUT2D eigenvalue weighted by atomic mass is 32.2. The quantitative estimate of drug-likeness (QED) is 0.585. The number of alkyl halides is 3. The Hall–Kier alpha value is -1.74. The molecule has 9 heteroatoms. The lowest BCUT2D eigenvalue weighted by molar-refractivity contribution is -0.137. The Morgan fingerprint density at radius 3 is 2.19 bits per heavy atom. The van der Waals surface area contributed by atoms with Crippen LogP contribution in [0.2, 0.25) is 0 Å². The van der Waals surface area contributed by atoms with E-state index in [2.05, 4.69) is 9.71 Å². The summed E-state index contributed by atoms with van der Waals surface area (Å²) in [6.07, 6.45) is -4.40. The number of hydrogen-bond donors (Lipinski definition) is 1. The third-order valence-corrected chi connectivity index (χ3v) is 4.09. The maximum atomic E-state index is 13.1. The number of benzene rings is 1. The van der Waals surface area contributed by atoms with E-state index >= 15 is 0 Å². The Balaban J connectivity index is 3.16. The molecule has 0 saturated carbocycles. The van der Waals surface area contributed by atoms with Crippen LogP contribution in [0.15, 0.2) is 22.6 Å². The molecule has 1 unspecified atom stereocenters. The van der Waals surface area contributed by atoms with Crippen LogP contribution >= 0.6 is 0 Å². The normalized spacial score (nSPS) is 14.4. The molecule has 0 aliphatic heterocycles. The number of anilines is 1. The molecule has 0 spiro atoms. The molecule has 1 N–H and O–H groups in total. The average Bonchev–Trinajstić information content (AvgIpc) is 2.40. The van der Waals surface area contributed by atoms with Gasteiger partial charge in [0.1, 0.15) is 21.7 Å². The van der Waals surface area contributed by atoms with Gasteiger partial charge in [-0.05, 0) is 65.3 Å². The number of nitrogens with zero attached hydrogens (tertiary/aromatic N) is 1. The predicted octanol–water partition coefficient (Wildman–Crippen LogP) is 4.93. The molecule has 5 nitrogen and oxygen atoms in total. The van der Waals surface area contributed by atoms with Crippen LogP contribution in [0.1, 0.15) is 52.7 Å².